The molecule has 0 radical (unpaired) electrons. The van der Waals surface area contributed by atoms with Crippen LogP contribution in [0.4, 0.5) is 9.59 Å². The normalized spacial score (nSPS) is 23.3. The summed E-state index contributed by atoms with van der Waals surface area (Å²) < 4.78 is 1.61. The molecule has 1 atom stereocenters. The maximum Gasteiger partial charge on any atom is 0.407 e. The highest BCUT2D eigenvalue weighted by molar-refractivity contribution is 5.81. The fourth-order valence-corrected chi connectivity index (χ4v) is 3.33. The highest BCUT2D eigenvalue weighted by Crippen LogP contribution is 2.35. The van der Waals surface area contributed by atoms with E-state index in [-0.39, 0.29) is 18.1 Å². The highest BCUT2D eigenvalue weighted by Gasteiger charge is 2.41. The number of likely N-dealkylation sites (tertiary alicyclic amines) is 1. The summed E-state index contributed by atoms with van der Waals surface area (Å²) >= 11 is 0. The van der Waals surface area contributed by atoms with Crippen molar-refractivity contribution in [3.05, 3.63) is 17.7 Å². The van der Waals surface area contributed by atoms with E-state index in [1.165, 1.54) is 4.90 Å². The summed E-state index contributed by atoms with van der Waals surface area (Å²) in [6.07, 6.45) is 2.09. The van der Waals surface area contributed by atoms with Gasteiger partial charge in [0.25, 0.3) is 0 Å². The summed E-state index contributed by atoms with van der Waals surface area (Å²) in [5.74, 6) is 0. The van der Waals surface area contributed by atoms with Gasteiger partial charge in [0.05, 0.1) is 17.4 Å². The molecule has 0 aromatic carbocycles. The lowest BCUT2D eigenvalue weighted by Gasteiger charge is -2.37. The zero-order valence-electron chi connectivity index (χ0n) is 11.6. The molecular formula is C13H18N4O3. The average molecular weight is 278 g/mol. The lowest BCUT2D eigenvalue weighted by Crippen LogP contribution is -2.47. The van der Waals surface area contributed by atoms with Crippen LogP contribution in [-0.2, 0) is 0 Å². The van der Waals surface area contributed by atoms with Crippen molar-refractivity contribution in [2.75, 3.05) is 13.1 Å². The molecule has 0 saturated carbocycles. The van der Waals surface area contributed by atoms with Crippen molar-refractivity contribution in [3.63, 3.8) is 0 Å². The van der Waals surface area contributed by atoms with Crippen LogP contribution in [0.1, 0.15) is 37.2 Å². The minimum Gasteiger partial charge on any atom is -0.465 e. The van der Waals surface area contributed by atoms with Crippen LogP contribution in [-0.4, -0.2) is 55.7 Å². The molecule has 20 heavy (non-hydrogen) atoms. The molecule has 1 unspecified atom stereocenters. The number of amides is 2. The Balaban J connectivity index is 1.77. The number of hydrogen-bond acceptors (Lipinski definition) is 3. The molecule has 1 N–H and O–H groups in total. The Morgan fingerprint density at radius 3 is 2.60 bits per heavy atom. The maximum atomic E-state index is 12.5. The number of piperidine rings is 1. The SMILES string of the molecule is Cc1ncn2c1C(C)N(C1CCN(C(=O)O)CC1)C2=O. The fourth-order valence-electron chi connectivity index (χ4n) is 3.33. The molecule has 108 valence electrons. The molecule has 7 heteroatoms. The monoisotopic (exact) mass is 278 g/mol. The van der Waals surface area contributed by atoms with Crippen LogP contribution < -0.4 is 0 Å². The van der Waals surface area contributed by atoms with Crippen molar-refractivity contribution < 1.29 is 14.7 Å². The van der Waals surface area contributed by atoms with Crippen molar-refractivity contribution in [2.24, 2.45) is 0 Å². The van der Waals surface area contributed by atoms with Gasteiger partial charge in [0, 0.05) is 19.1 Å². The summed E-state index contributed by atoms with van der Waals surface area (Å²) in [4.78, 5) is 30.9. The zero-order valence-corrected chi connectivity index (χ0v) is 11.6. The van der Waals surface area contributed by atoms with Crippen molar-refractivity contribution in [3.8, 4) is 0 Å². The fraction of sp³-hybridized carbons (Fsp3) is 0.615. The number of aromatic nitrogens is 2. The lowest BCUT2D eigenvalue weighted by atomic mass is 10.0. The van der Waals surface area contributed by atoms with Crippen LogP contribution in [0.2, 0.25) is 0 Å². The lowest BCUT2D eigenvalue weighted by molar-refractivity contribution is 0.0985. The van der Waals surface area contributed by atoms with Crippen molar-refractivity contribution in [1.29, 1.82) is 0 Å². The molecule has 2 amide bonds. The molecule has 2 aliphatic rings. The number of carbonyl (C=O) groups is 2. The first kappa shape index (κ1) is 13.0. The Morgan fingerprint density at radius 1 is 1.40 bits per heavy atom. The molecule has 0 bridgehead atoms. The second kappa shape index (κ2) is 4.50. The standard InChI is InChI=1S/C13H18N4O3/c1-8-11-9(2)17(12(18)16(11)7-14-8)10-3-5-15(6-4-10)13(19)20/h7,9-10H,3-6H2,1-2H3,(H,19,20). The predicted molar refractivity (Wildman–Crippen MR) is 70.6 cm³/mol. The van der Waals surface area contributed by atoms with Gasteiger partial charge in [-0.3, -0.25) is 4.57 Å². The molecular weight excluding hydrogens is 260 g/mol. The van der Waals surface area contributed by atoms with Crippen LogP contribution in [0.15, 0.2) is 6.33 Å². The number of hydrogen-bond donors (Lipinski definition) is 1. The highest BCUT2D eigenvalue weighted by atomic mass is 16.4. The molecule has 0 spiro atoms. The van der Waals surface area contributed by atoms with E-state index in [4.69, 9.17) is 5.11 Å². The Labute approximate surface area is 116 Å². The second-order valence-corrected chi connectivity index (χ2v) is 5.45. The van der Waals surface area contributed by atoms with Gasteiger partial charge < -0.3 is 14.9 Å². The summed E-state index contributed by atoms with van der Waals surface area (Å²) in [5.41, 5.74) is 1.84. The summed E-state index contributed by atoms with van der Waals surface area (Å²) in [7, 11) is 0. The van der Waals surface area contributed by atoms with E-state index in [0.717, 1.165) is 11.4 Å². The second-order valence-electron chi connectivity index (χ2n) is 5.45. The molecule has 3 heterocycles. The first-order chi connectivity index (χ1) is 9.50. The first-order valence-electron chi connectivity index (χ1n) is 6.85. The molecule has 2 aliphatic heterocycles. The zero-order chi connectivity index (χ0) is 14.4. The van der Waals surface area contributed by atoms with Gasteiger partial charge in [-0.25, -0.2) is 14.6 Å². The van der Waals surface area contributed by atoms with Gasteiger partial charge in [-0.1, -0.05) is 0 Å². The van der Waals surface area contributed by atoms with E-state index in [9.17, 15) is 9.59 Å². The molecule has 1 fully saturated rings. The number of imidazole rings is 1. The van der Waals surface area contributed by atoms with E-state index in [1.807, 2.05) is 18.7 Å². The maximum absolute atomic E-state index is 12.5. The minimum absolute atomic E-state index is 0.00591. The van der Waals surface area contributed by atoms with Crippen molar-refractivity contribution in [2.45, 2.75) is 38.8 Å². The number of rotatable bonds is 1. The van der Waals surface area contributed by atoms with Crippen molar-refractivity contribution >= 4 is 12.1 Å². The Hall–Kier alpha value is -2.05. The first-order valence-corrected chi connectivity index (χ1v) is 6.85. The molecule has 1 aromatic rings. The van der Waals surface area contributed by atoms with Gasteiger partial charge in [0.15, 0.2) is 0 Å². The Bertz CT molecular complexity index is 560. The molecule has 1 saturated heterocycles. The predicted octanol–water partition coefficient (Wildman–Crippen LogP) is 1.68. The Kier molecular flexibility index (Phi) is 2.92. The summed E-state index contributed by atoms with van der Waals surface area (Å²) in [5, 5.41) is 8.97. The third-order valence-corrected chi connectivity index (χ3v) is 4.37. The van der Waals surface area contributed by atoms with Crippen LogP contribution in [0.25, 0.3) is 0 Å². The molecule has 7 nitrogen and oxygen atoms in total. The quantitative estimate of drug-likeness (QED) is 0.847. The number of carboxylic acid groups (broad SMARTS) is 1. The van der Waals surface area contributed by atoms with E-state index >= 15 is 0 Å². The van der Waals surface area contributed by atoms with Gasteiger partial charge in [0.2, 0.25) is 0 Å². The van der Waals surface area contributed by atoms with Gasteiger partial charge in [0.1, 0.15) is 6.33 Å². The third kappa shape index (κ3) is 1.76. The van der Waals surface area contributed by atoms with Gasteiger partial charge in [-0.05, 0) is 26.7 Å². The smallest absolute Gasteiger partial charge is 0.407 e. The molecule has 0 aliphatic carbocycles. The van der Waals surface area contributed by atoms with E-state index in [2.05, 4.69) is 4.98 Å². The number of fused-ring (bicyclic) bond motifs is 1. The van der Waals surface area contributed by atoms with Crippen LogP contribution in [0.5, 0.6) is 0 Å². The van der Waals surface area contributed by atoms with Crippen LogP contribution >= 0.6 is 0 Å². The molecule has 1 aromatic heterocycles. The van der Waals surface area contributed by atoms with E-state index < -0.39 is 6.09 Å². The number of aryl methyl sites for hydroxylation is 1. The van der Waals surface area contributed by atoms with Gasteiger partial charge in [-0.15, -0.1) is 0 Å². The van der Waals surface area contributed by atoms with E-state index in [0.29, 0.717) is 25.9 Å². The van der Waals surface area contributed by atoms with Gasteiger partial charge in [-0.2, -0.15) is 0 Å². The third-order valence-electron chi connectivity index (χ3n) is 4.37. The number of nitrogens with zero attached hydrogens (tertiary/aromatic N) is 4. The topological polar surface area (TPSA) is 78.7 Å². The van der Waals surface area contributed by atoms with Crippen molar-refractivity contribution in [1.82, 2.24) is 19.4 Å². The van der Waals surface area contributed by atoms with Gasteiger partial charge >= 0.3 is 12.1 Å². The summed E-state index contributed by atoms with van der Waals surface area (Å²) in [6.45, 7) is 4.90. The van der Waals surface area contributed by atoms with Crippen LogP contribution in [0, 0.1) is 6.92 Å². The molecule has 3 rings (SSSR count). The number of carbonyl (C=O) groups excluding carboxylic acids is 1. The van der Waals surface area contributed by atoms with E-state index in [1.54, 1.807) is 10.9 Å². The minimum atomic E-state index is -0.879. The Morgan fingerprint density at radius 2 is 2.05 bits per heavy atom. The largest absolute Gasteiger partial charge is 0.465 e. The van der Waals surface area contributed by atoms with Crippen LogP contribution in [0.3, 0.4) is 0 Å². The average Bonchev–Trinajstić information content (AvgIpc) is 2.91. The summed E-state index contributed by atoms with van der Waals surface area (Å²) in [6, 6.07) is 0.0700.